The van der Waals surface area contributed by atoms with Gasteiger partial charge in [0.1, 0.15) is 5.52 Å². The quantitative estimate of drug-likeness (QED) is 0.786. The highest BCUT2D eigenvalue weighted by atomic mass is 32.2. The molecule has 0 unspecified atom stereocenters. The molecule has 0 bridgehead atoms. The summed E-state index contributed by atoms with van der Waals surface area (Å²) in [7, 11) is -1.34. The molecule has 0 aliphatic carbocycles. The first-order valence-electron chi connectivity index (χ1n) is 6.89. The topological polar surface area (TPSA) is 80.5 Å². The first-order chi connectivity index (χ1) is 10.4. The highest BCUT2D eigenvalue weighted by Gasteiger charge is 2.32. The number of carbonyl (C=O) groups excluding carboxylic acids is 1. The molecular formula is C14H16N2O4S2. The lowest BCUT2D eigenvalue weighted by Crippen LogP contribution is -2.38. The van der Waals surface area contributed by atoms with Crippen molar-refractivity contribution in [1.29, 1.82) is 0 Å². The van der Waals surface area contributed by atoms with Crippen LogP contribution in [-0.4, -0.2) is 54.6 Å². The maximum atomic E-state index is 12.2. The van der Waals surface area contributed by atoms with Crippen molar-refractivity contribution >= 4 is 38.6 Å². The van der Waals surface area contributed by atoms with E-state index in [1.807, 2.05) is 24.3 Å². The summed E-state index contributed by atoms with van der Waals surface area (Å²) >= 11 is 1.22. The van der Waals surface area contributed by atoms with Crippen LogP contribution >= 0.6 is 11.8 Å². The molecule has 1 aromatic heterocycles. The molecule has 8 heteroatoms. The van der Waals surface area contributed by atoms with E-state index in [4.69, 9.17) is 4.42 Å². The number of fused-ring (bicyclic) bond motifs is 1. The van der Waals surface area contributed by atoms with Gasteiger partial charge < -0.3 is 9.32 Å². The lowest BCUT2D eigenvalue weighted by molar-refractivity contribution is -0.128. The van der Waals surface area contributed by atoms with E-state index < -0.39 is 9.84 Å². The molecule has 2 heterocycles. The minimum absolute atomic E-state index is 0.0583. The maximum Gasteiger partial charge on any atom is 0.257 e. The molecule has 3 rings (SSSR count). The van der Waals surface area contributed by atoms with Crippen molar-refractivity contribution in [3.8, 4) is 0 Å². The van der Waals surface area contributed by atoms with Crippen molar-refractivity contribution in [2.75, 3.05) is 24.3 Å². The second kappa shape index (κ2) is 5.92. The summed E-state index contributed by atoms with van der Waals surface area (Å²) in [5.74, 6) is 0.283. The molecular weight excluding hydrogens is 324 g/mol. The summed E-state index contributed by atoms with van der Waals surface area (Å²) in [4.78, 5) is 18.0. The first-order valence-corrected chi connectivity index (χ1v) is 9.70. The summed E-state index contributed by atoms with van der Waals surface area (Å²) < 4.78 is 28.5. The number of thioether (sulfide) groups is 1. The minimum Gasteiger partial charge on any atom is -0.431 e. The van der Waals surface area contributed by atoms with Gasteiger partial charge in [-0.15, -0.1) is 0 Å². The van der Waals surface area contributed by atoms with Crippen molar-refractivity contribution in [1.82, 2.24) is 9.88 Å². The number of hydrogen-bond acceptors (Lipinski definition) is 6. The van der Waals surface area contributed by atoms with Gasteiger partial charge in [-0.3, -0.25) is 4.79 Å². The van der Waals surface area contributed by atoms with Crippen LogP contribution in [-0.2, 0) is 14.6 Å². The summed E-state index contributed by atoms with van der Waals surface area (Å²) in [6.07, 6.45) is 0.512. The molecule has 118 valence electrons. The molecule has 0 radical (unpaired) electrons. The summed E-state index contributed by atoms with van der Waals surface area (Å²) in [5, 5.41) is 0.446. The molecule has 0 spiro atoms. The Labute approximate surface area is 132 Å². The van der Waals surface area contributed by atoms with Crippen LogP contribution in [0.25, 0.3) is 11.1 Å². The van der Waals surface area contributed by atoms with E-state index in [0.29, 0.717) is 17.2 Å². The number of rotatable bonds is 4. The number of benzene rings is 1. The lowest BCUT2D eigenvalue weighted by atomic mass is 10.2. The van der Waals surface area contributed by atoms with Gasteiger partial charge in [0.15, 0.2) is 15.4 Å². The van der Waals surface area contributed by atoms with Gasteiger partial charge in [-0.1, -0.05) is 23.9 Å². The standard InChI is InChI=1S/C14H16N2O4S2/c1-16(10-6-7-22(18,19)9-10)13(17)8-21-14-15-11-4-2-3-5-12(11)20-14/h2-5,10H,6-9H2,1H3/t10-/m0/s1. The Hall–Kier alpha value is -1.54. The van der Waals surface area contributed by atoms with E-state index >= 15 is 0 Å². The van der Waals surface area contributed by atoms with E-state index in [-0.39, 0.29) is 29.2 Å². The monoisotopic (exact) mass is 340 g/mol. The number of sulfone groups is 1. The fourth-order valence-electron chi connectivity index (χ4n) is 2.42. The van der Waals surface area contributed by atoms with Crippen molar-refractivity contribution in [3.05, 3.63) is 24.3 Å². The summed E-state index contributed by atoms with van der Waals surface area (Å²) in [6.45, 7) is 0. The molecule has 1 aromatic carbocycles. The average Bonchev–Trinajstić information content (AvgIpc) is 3.06. The molecule has 22 heavy (non-hydrogen) atoms. The zero-order valence-corrected chi connectivity index (χ0v) is 13.7. The SMILES string of the molecule is CN(C(=O)CSc1nc2ccccc2o1)[C@H]1CCS(=O)(=O)C1. The zero-order chi connectivity index (χ0) is 15.7. The number of carbonyl (C=O) groups is 1. The Balaban J connectivity index is 1.60. The molecule has 1 aliphatic heterocycles. The molecule has 1 amide bonds. The normalized spacial score (nSPS) is 20.3. The number of nitrogens with zero attached hydrogens (tertiary/aromatic N) is 2. The van der Waals surface area contributed by atoms with E-state index in [1.54, 1.807) is 7.05 Å². The Bertz CT molecular complexity index is 767. The van der Waals surface area contributed by atoms with Gasteiger partial charge in [0, 0.05) is 13.1 Å². The molecule has 1 aliphatic rings. The lowest BCUT2D eigenvalue weighted by Gasteiger charge is -2.22. The van der Waals surface area contributed by atoms with E-state index in [0.717, 1.165) is 5.52 Å². The second-order valence-electron chi connectivity index (χ2n) is 5.30. The number of hydrogen-bond donors (Lipinski definition) is 0. The Kier molecular flexibility index (Phi) is 4.14. The predicted molar refractivity (Wildman–Crippen MR) is 84.6 cm³/mol. The van der Waals surface area contributed by atoms with Gasteiger partial charge in [-0.05, 0) is 18.6 Å². The van der Waals surface area contributed by atoms with Crippen LogP contribution in [0.2, 0.25) is 0 Å². The van der Waals surface area contributed by atoms with Crippen LogP contribution in [0.15, 0.2) is 33.9 Å². The summed E-state index contributed by atoms with van der Waals surface area (Å²) in [5.41, 5.74) is 1.44. The first kappa shape index (κ1) is 15.4. The van der Waals surface area contributed by atoms with Crippen LogP contribution in [0.4, 0.5) is 0 Å². The molecule has 0 N–H and O–H groups in total. The second-order valence-corrected chi connectivity index (χ2v) is 8.45. The molecule has 1 saturated heterocycles. The van der Waals surface area contributed by atoms with Gasteiger partial charge in [0.25, 0.3) is 5.22 Å². The van der Waals surface area contributed by atoms with Gasteiger partial charge in [0.05, 0.1) is 17.3 Å². The van der Waals surface area contributed by atoms with Gasteiger partial charge in [0.2, 0.25) is 5.91 Å². The molecule has 2 aromatic rings. The highest BCUT2D eigenvalue weighted by molar-refractivity contribution is 7.99. The number of para-hydroxylation sites is 2. The predicted octanol–water partition coefficient (Wildman–Crippen LogP) is 1.57. The van der Waals surface area contributed by atoms with Crippen LogP contribution < -0.4 is 0 Å². The minimum atomic E-state index is -2.99. The van der Waals surface area contributed by atoms with Gasteiger partial charge in [-0.25, -0.2) is 13.4 Å². The smallest absolute Gasteiger partial charge is 0.257 e. The Morgan fingerprint density at radius 1 is 1.45 bits per heavy atom. The van der Waals surface area contributed by atoms with Crippen molar-refractivity contribution in [2.45, 2.75) is 17.7 Å². The van der Waals surface area contributed by atoms with Crippen LogP contribution in [0.1, 0.15) is 6.42 Å². The van der Waals surface area contributed by atoms with E-state index in [2.05, 4.69) is 4.98 Å². The van der Waals surface area contributed by atoms with Crippen molar-refractivity contribution in [2.24, 2.45) is 0 Å². The van der Waals surface area contributed by atoms with Gasteiger partial charge in [-0.2, -0.15) is 0 Å². The molecule has 1 fully saturated rings. The average molecular weight is 340 g/mol. The van der Waals surface area contributed by atoms with Crippen molar-refractivity contribution in [3.63, 3.8) is 0 Å². The highest BCUT2D eigenvalue weighted by Crippen LogP contribution is 2.24. The van der Waals surface area contributed by atoms with E-state index in [1.165, 1.54) is 16.7 Å². The van der Waals surface area contributed by atoms with Gasteiger partial charge >= 0.3 is 0 Å². The van der Waals surface area contributed by atoms with Crippen molar-refractivity contribution < 1.29 is 17.6 Å². The molecule has 6 nitrogen and oxygen atoms in total. The third kappa shape index (κ3) is 3.27. The van der Waals surface area contributed by atoms with Crippen LogP contribution in [0.3, 0.4) is 0 Å². The number of aromatic nitrogens is 1. The largest absolute Gasteiger partial charge is 0.431 e. The number of oxazole rings is 1. The zero-order valence-electron chi connectivity index (χ0n) is 12.1. The fraction of sp³-hybridized carbons (Fsp3) is 0.429. The third-order valence-electron chi connectivity index (χ3n) is 3.74. The Morgan fingerprint density at radius 2 is 2.23 bits per heavy atom. The van der Waals surface area contributed by atoms with E-state index in [9.17, 15) is 13.2 Å². The third-order valence-corrected chi connectivity index (χ3v) is 6.31. The fourth-order valence-corrected chi connectivity index (χ4v) is 4.96. The number of amides is 1. The Morgan fingerprint density at radius 3 is 2.91 bits per heavy atom. The molecule has 1 atom stereocenters. The maximum absolute atomic E-state index is 12.2. The van der Waals surface area contributed by atoms with Crippen LogP contribution in [0, 0.1) is 0 Å². The molecule has 0 saturated carbocycles. The summed E-state index contributed by atoms with van der Waals surface area (Å²) in [6, 6.07) is 7.19. The van der Waals surface area contributed by atoms with Crippen LogP contribution in [0.5, 0.6) is 0 Å².